The van der Waals surface area contributed by atoms with E-state index in [-0.39, 0.29) is 0 Å². The first-order valence-corrected chi connectivity index (χ1v) is 4.11. The van der Waals surface area contributed by atoms with E-state index in [1.807, 2.05) is 25.1 Å². The first kappa shape index (κ1) is 6.61. The molecule has 0 spiro atoms. The minimum absolute atomic E-state index is 0.907. The Balaban J connectivity index is 2.45. The molecule has 0 saturated heterocycles. The number of aryl methyl sites for hydroxylation is 1. The van der Waals surface area contributed by atoms with Crippen LogP contribution in [0.25, 0.3) is 10.6 Å². The fourth-order valence-electron chi connectivity index (χ4n) is 0.910. The Kier molecular flexibility index (Phi) is 1.51. The third-order valence-corrected chi connectivity index (χ3v) is 2.18. The van der Waals surface area contributed by atoms with Crippen LogP contribution in [0.5, 0.6) is 0 Å². The average molecular weight is 165 g/mol. The zero-order valence-corrected chi connectivity index (χ0v) is 6.89. The lowest BCUT2D eigenvalue weighted by atomic mass is 10.4. The van der Waals surface area contributed by atoms with Gasteiger partial charge in [-0.2, -0.15) is 0 Å². The maximum absolute atomic E-state index is 5.40. The molecule has 2 nitrogen and oxygen atoms in total. The predicted molar refractivity (Wildman–Crippen MR) is 44.6 cm³/mol. The molecule has 0 bridgehead atoms. The highest BCUT2D eigenvalue weighted by molar-refractivity contribution is 7.09. The molecule has 0 fully saturated rings. The Bertz CT molecular complexity index is 337. The van der Waals surface area contributed by atoms with Crippen molar-refractivity contribution >= 4 is 11.5 Å². The summed E-state index contributed by atoms with van der Waals surface area (Å²) in [5, 5.41) is 0. The molecule has 0 aliphatic heterocycles. The molecule has 0 amide bonds. The van der Waals surface area contributed by atoms with E-state index in [2.05, 4.69) is 4.37 Å². The minimum Gasteiger partial charge on any atom is -0.460 e. The average Bonchev–Trinajstić information content (AvgIpc) is 2.55. The van der Waals surface area contributed by atoms with Gasteiger partial charge in [0, 0.05) is 6.20 Å². The Labute approximate surface area is 68.6 Å². The van der Waals surface area contributed by atoms with Crippen LogP contribution in [-0.4, -0.2) is 4.37 Å². The number of aromatic nitrogens is 1. The summed E-state index contributed by atoms with van der Waals surface area (Å²) in [4.78, 5) is 1.08. The SMILES string of the molecule is Cc1ccc(-c2ccns2)o1. The van der Waals surface area contributed by atoms with Crippen LogP contribution in [0.1, 0.15) is 5.76 Å². The molecule has 2 aromatic heterocycles. The summed E-state index contributed by atoms with van der Waals surface area (Å²) in [6.07, 6.45) is 1.78. The molecule has 2 rings (SSSR count). The Morgan fingerprint density at radius 2 is 2.27 bits per heavy atom. The van der Waals surface area contributed by atoms with Crippen LogP contribution in [-0.2, 0) is 0 Å². The largest absolute Gasteiger partial charge is 0.460 e. The van der Waals surface area contributed by atoms with Gasteiger partial charge in [0.25, 0.3) is 0 Å². The van der Waals surface area contributed by atoms with E-state index < -0.39 is 0 Å². The lowest BCUT2D eigenvalue weighted by molar-refractivity contribution is 0.549. The maximum atomic E-state index is 5.40. The summed E-state index contributed by atoms with van der Waals surface area (Å²) in [6.45, 7) is 1.94. The number of hydrogen-bond acceptors (Lipinski definition) is 3. The second kappa shape index (κ2) is 2.51. The molecule has 0 aliphatic carbocycles. The van der Waals surface area contributed by atoms with Crippen molar-refractivity contribution in [2.45, 2.75) is 6.92 Å². The van der Waals surface area contributed by atoms with E-state index in [9.17, 15) is 0 Å². The molecule has 0 aliphatic rings. The fourth-order valence-corrected chi connectivity index (χ4v) is 1.47. The second-order valence-electron chi connectivity index (χ2n) is 2.29. The van der Waals surface area contributed by atoms with Gasteiger partial charge in [0.1, 0.15) is 11.5 Å². The number of furan rings is 1. The topological polar surface area (TPSA) is 26.0 Å². The van der Waals surface area contributed by atoms with Gasteiger partial charge in [0.15, 0.2) is 0 Å². The maximum Gasteiger partial charge on any atom is 0.145 e. The van der Waals surface area contributed by atoms with Gasteiger partial charge in [-0.25, -0.2) is 4.37 Å². The highest BCUT2D eigenvalue weighted by Crippen LogP contribution is 2.24. The molecular formula is C8H7NOS. The van der Waals surface area contributed by atoms with E-state index in [1.165, 1.54) is 11.5 Å². The Morgan fingerprint density at radius 3 is 2.82 bits per heavy atom. The van der Waals surface area contributed by atoms with Gasteiger partial charge in [-0.05, 0) is 36.7 Å². The zero-order chi connectivity index (χ0) is 7.68. The van der Waals surface area contributed by atoms with Crippen LogP contribution in [0.3, 0.4) is 0 Å². The summed E-state index contributed by atoms with van der Waals surface area (Å²) in [5.41, 5.74) is 0. The lowest BCUT2D eigenvalue weighted by Crippen LogP contribution is -1.60. The quantitative estimate of drug-likeness (QED) is 0.649. The Morgan fingerprint density at radius 1 is 1.36 bits per heavy atom. The van der Waals surface area contributed by atoms with E-state index in [0.29, 0.717) is 0 Å². The van der Waals surface area contributed by atoms with E-state index in [0.717, 1.165) is 16.4 Å². The lowest BCUT2D eigenvalue weighted by Gasteiger charge is -1.85. The van der Waals surface area contributed by atoms with Gasteiger partial charge in [-0.3, -0.25) is 0 Å². The molecule has 0 aromatic carbocycles. The van der Waals surface area contributed by atoms with Gasteiger partial charge < -0.3 is 4.42 Å². The first-order chi connectivity index (χ1) is 5.36. The molecule has 3 heteroatoms. The Hall–Kier alpha value is -1.09. The van der Waals surface area contributed by atoms with Crippen molar-refractivity contribution in [3.63, 3.8) is 0 Å². The van der Waals surface area contributed by atoms with E-state index in [4.69, 9.17) is 4.42 Å². The van der Waals surface area contributed by atoms with Crippen LogP contribution >= 0.6 is 11.5 Å². The summed E-state index contributed by atoms with van der Waals surface area (Å²) >= 11 is 1.45. The van der Waals surface area contributed by atoms with Gasteiger partial charge in [0.05, 0.1) is 4.88 Å². The molecule has 0 unspecified atom stereocenters. The molecular weight excluding hydrogens is 158 g/mol. The summed E-state index contributed by atoms with van der Waals surface area (Å²) in [6, 6.07) is 5.86. The van der Waals surface area contributed by atoms with Crippen LogP contribution in [0.2, 0.25) is 0 Å². The first-order valence-electron chi connectivity index (χ1n) is 3.34. The van der Waals surface area contributed by atoms with Gasteiger partial charge in [0.2, 0.25) is 0 Å². The fraction of sp³-hybridized carbons (Fsp3) is 0.125. The van der Waals surface area contributed by atoms with Crippen molar-refractivity contribution in [1.82, 2.24) is 4.37 Å². The van der Waals surface area contributed by atoms with Gasteiger partial charge in [-0.15, -0.1) is 0 Å². The van der Waals surface area contributed by atoms with Crippen molar-refractivity contribution in [2.24, 2.45) is 0 Å². The summed E-state index contributed by atoms with van der Waals surface area (Å²) in [5.74, 6) is 1.85. The van der Waals surface area contributed by atoms with Gasteiger partial charge >= 0.3 is 0 Å². The number of rotatable bonds is 1. The highest BCUT2D eigenvalue weighted by atomic mass is 32.1. The van der Waals surface area contributed by atoms with E-state index in [1.54, 1.807) is 6.20 Å². The normalized spacial score (nSPS) is 10.3. The van der Waals surface area contributed by atoms with Crippen LogP contribution in [0, 0.1) is 6.92 Å². The molecule has 0 radical (unpaired) electrons. The van der Waals surface area contributed by atoms with Crippen molar-refractivity contribution in [2.75, 3.05) is 0 Å². The predicted octanol–water partition coefficient (Wildman–Crippen LogP) is 2.71. The molecule has 0 atom stereocenters. The van der Waals surface area contributed by atoms with Crippen LogP contribution in [0.4, 0.5) is 0 Å². The number of hydrogen-bond donors (Lipinski definition) is 0. The number of nitrogens with zero attached hydrogens (tertiary/aromatic N) is 1. The van der Waals surface area contributed by atoms with E-state index >= 15 is 0 Å². The summed E-state index contributed by atoms with van der Waals surface area (Å²) < 4.78 is 9.39. The molecule has 56 valence electrons. The van der Waals surface area contributed by atoms with Crippen molar-refractivity contribution in [3.8, 4) is 10.6 Å². The zero-order valence-electron chi connectivity index (χ0n) is 6.07. The van der Waals surface area contributed by atoms with Crippen molar-refractivity contribution in [1.29, 1.82) is 0 Å². The van der Waals surface area contributed by atoms with Crippen LogP contribution < -0.4 is 0 Å². The molecule has 2 aromatic rings. The minimum atomic E-state index is 0.907. The highest BCUT2D eigenvalue weighted by Gasteiger charge is 2.02. The standard InChI is InChI=1S/C8H7NOS/c1-6-2-3-7(10-6)8-4-5-9-11-8/h2-5H,1H3. The second-order valence-corrected chi connectivity index (χ2v) is 3.12. The monoisotopic (exact) mass is 165 g/mol. The molecule has 0 saturated carbocycles. The molecule has 2 heterocycles. The third-order valence-electron chi connectivity index (χ3n) is 1.42. The molecule has 11 heavy (non-hydrogen) atoms. The summed E-state index contributed by atoms with van der Waals surface area (Å²) in [7, 11) is 0. The smallest absolute Gasteiger partial charge is 0.145 e. The van der Waals surface area contributed by atoms with Crippen molar-refractivity contribution in [3.05, 3.63) is 30.2 Å². The third kappa shape index (κ3) is 1.19. The van der Waals surface area contributed by atoms with Gasteiger partial charge in [-0.1, -0.05) is 0 Å². The molecule has 0 N–H and O–H groups in total. The van der Waals surface area contributed by atoms with Crippen LogP contribution in [0.15, 0.2) is 28.8 Å². The van der Waals surface area contributed by atoms with Crippen molar-refractivity contribution < 1.29 is 4.42 Å².